The number of unbranched alkanes of at least 4 members (excludes halogenated alkanes) is 1. The van der Waals surface area contributed by atoms with E-state index < -0.39 is 29.6 Å². The number of amides is 2. The fourth-order valence-corrected chi connectivity index (χ4v) is 4.43. The van der Waals surface area contributed by atoms with Crippen molar-refractivity contribution >= 4 is 17.5 Å². The van der Waals surface area contributed by atoms with E-state index in [0.717, 1.165) is 32.5 Å². The lowest BCUT2D eigenvalue weighted by Crippen LogP contribution is -2.42. The minimum atomic E-state index is -1.26. The second-order valence-corrected chi connectivity index (χ2v) is 9.89. The van der Waals surface area contributed by atoms with Crippen LogP contribution in [0.5, 0.6) is 0 Å². The van der Waals surface area contributed by atoms with Crippen LogP contribution in [0.1, 0.15) is 48.5 Å². The van der Waals surface area contributed by atoms with Crippen molar-refractivity contribution in [3.05, 3.63) is 112 Å². The smallest absolute Gasteiger partial charge is 0.269 e. The molecule has 0 aliphatic rings. The Hall–Kier alpha value is -4.12. The molecule has 0 saturated carbocycles. The average molecular weight is 563 g/mol. The fourth-order valence-electron chi connectivity index (χ4n) is 4.43. The summed E-state index contributed by atoms with van der Waals surface area (Å²) < 4.78 is 0. The van der Waals surface area contributed by atoms with E-state index in [1.54, 1.807) is 0 Å². The molecule has 3 aromatic rings. The molecule has 10 nitrogen and oxygen atoms in total. The van der Waals surface area contributed by atoms with Crippen LogP contribution in [0.4, 0.5) is 5.69 Å². The summed E-state index contributed by atoms with van der Waals surface area (Å²) in [6.07, 6.45) is 0.315. The van der Waals surface area contributed by atoms with E-state index in [9.17, 15) is 29.9 Å². The van der Waals surface area contributed by atoms with E-state index in [1.165, 1.54) is 35.4 Å². The molecular weight excluding hydrogens is 524 g/mol. The second kappa shape index (κ2) is 16.9. The molecule has 0 heterocycles. The number of carbonyl (C=O) groups is 2. The first-order valence-electron chi connectivity index (χ1n) is 13.7. The highest BCUT2D eigenvalue weighted by molar-refractivity contribution is 5.83. The maximum atomic E-state index is 12.3. The van der Waals surface area contributed by atoms with Crippen molar-refractivity contribution in [2.24, 2.45) is 0 Å². The molecular formula is C31H38N4O6. The van der Waals surface area contributed by atoms with Crippen LogP contribution in [0.3, 0.4) is 0 Å². The maximum Gasteiger partial charge on any atom is 0.269 e. The topological polar surface area (TPSA) is 145 Å². The van der Waals surface area contributed by atoms with E-state index in [2.05, 4.69) is 39.8 Å². The van der Waals surface area contributed by atoms with Gasteiger partial charge in [0.25, 0.3) is 5.69 Å². The molecule has 41 heavy (non-hydrogen) atoms. The Bertz CT molecular complexity index is 1180. The molecule has 3 rings (SSSR count). The van der Waals surface area contributed by atoms with Crippen molar-refractivity contribution in [2.45, 2.75) is 50.9 Å². The Morgan fingerprint density at radius 2 is 1.39 bits per heavy atom. The van der Waals surface area contributed by atoms with E-state index in [1.807, 2.05) is 36.4 Å². The van der Waals surface area contributed by atoms with Gasteiger partial charge in [-0.05, 0) is 48.2 Å². The van der Waals surface area contributed by atoms with Gasteiger partial charge in [0.05, 0.1) is 17.6 Å². The number of nitro groups is 1. The maximum absolute atomic E-state index is 12.3. The zero-order valence-electron chi connectivity index (χ0n) is 23.0. The van der Waals surface area contributed by atoms with Gasteiger partial charge in [-0.1, -0.05) is 60.7 Å². The summed E-state index contributed by atoms with van der Waals surface area (Å²) in [5, 5.41) is 36.3. The molecule has 0 aromatic heterocycles. The standard InChI is InChI=1S/C31H38N4O6/c36-23-28(31(39)26-13-15-27(16-14-26)35(40)41)33-30(38)18-17-29(37)32-19-7-8-20-34(21-24-9-3-1-4-10-24)22-25-11-5-2-6-12-25/h1-6,9-16,28,31,36,39H,7-8,17-23H2,(H,32,37)(H,33,38)/t28-,31-/m1/s1. The number of hydrogen-bond donors (Lipinski definition) is 4. The number of benzene rings is 3. The molecule has 0 aliphatic carbocycles. The number of aliphatic hydroxyl groups is 2. The number of carbonyl (C=O) groups excluding carboxylic acids is 2. The van der Waals surface area contributed by atoms with Gasteiger partial charge in [0.15, 0.2) is 0 Å². The Labute approximate surface area is 240 Å². The molecule has 0 saturated heterocycles. The number of aliphatic hydroxyl groups excluding tert-OH is 2. The van der Waals surface area contributed by atoms with Gasteiger partial charge in [-0.3, -0.25) is 24.6 Å². The molecule has 0 unspecified atom stereocenters. The van der Waals surface area contributed by atoms with Crippen molar-refractivity contribution in [1.82, 2.24) is 15.5 Å². The molecule has 3 aromatic carbocycles. The first kappa shape index (κ1) is 31.4. The van der Waals surface area contributed by atoms with Crippen molar-refractivity contribution in [3.8, 4) is 0 Å². The van der Waals surface area contributed by atoms with Crippen molar-refractivity contribution in [2.75, 3.05) is 19.7 Å². The molecule has 2 atom stereocenters. The van der Waals surface area contributed by atoms with Crippen LogP contribution >= 0.6 is 0 Å². The number of non-ortho nitro benzene ring substituents is 1. The molecule has 0 aliphatic heterocycles. The van der Waals surface area contributed by atoms with Crippen LogP contribution in [0, 0.1) is 10.1 Å². The number of rotatable bonds is 17. The Morgan fingerprint density at radius 3 is 1.93 bits per heavy atom. The molecule has 0 bridgehead atoms. The van der Waals surface area contributed by atoms with Crippen LogP contribution in [0.25, 0.3) is 0 Å². The summed E-state index contributed by atoms with van der Waals surface area (Å²) in [5.41, 5.74) is 2.68. The van der Waals surface area contributed by atoms with E-state index in [-0.39, 0.29) is 24.4 Å². The number of nitro benzene ring substituents is 1. The van der Waals surface area contributed by atoms with Crippen LogP contribution in [-0.4, -0.2) is 57.6 Å². The van der Waals surface area contributed by atoms with Gasteiger partial charge in [-0.25, -0.2) is 0 Å². The normalized spacial score (nSPS) is 12.5. The lowest BCUT2D eigenvalue weighted by molar-refractivity contribution is -0.384. The van der Waals surface area contributed by atoms with Gasteiger partial charge in [0, 0.05) is 44.6 Å². The highest BCUT2D eigenvalue weighted by Gasteiger charge is 2.23. The number of hydrogen-bond acceptors (Lipinski definition) is 7. The van der Waals surface area contributed by atoms with Crippen molar-refractivity contribution in [3.63, 3.8) is 0 Å². The van der Waals surface area contributed by atoms with Gasteiger partial charge in [0.1, 0.15) is 6.10 Å². The number of nitrogens with one attached hydrogen (secondary N) is 2. The van der Waals surface area contributed by atoms with Crippen LogP contribution in [0.15, 0.2) is 84.9 Å². The highest BCUT2D eigenvalue weighted by atomic mass is 16.6. The Morgan fingerprint density at radius 1 is 0.829 bits per heavy atom. The zero-order valence-corrected chi connectivity index (χ0v) is 23.0. The predicted molar refractivity (Wildman–Crippen MR) is 156 cm³/mol. The lowest BCUT2D eigenvalue weighted by Gasteiger charge is -2.23. The summed E-state index contributed by atoms with van der Waals surface area (Å²) in [6.45, 7) is 2.52. The van der Waals surface area contributed by atoms with E-state index in [0.29, 0.717) is 12.1 Å². The first-order chi connectivity index (χ1) is 19.9. The first-order valence-corrected chi connectivity index (χ1v) is 13.7. The molecule has 2 amide bonds. The fraction of sp³-hybridized carbons (Fsp3) is 0.355. The van der Waals surface area contributed by atoms with Crippen LogP contribution in [0.2, 0.25) is 0 Å². The SMILES string of the molecule is O=C(CCC(=O)N[C@H](CO)[C@H](O)c1ccc([N+](=O)[O-])cc1)NCCCCN(Cc1ccccc1)Cc1ccccc1. The average Bonchev–Trinajstić information content (AvgIpc) is 2.99. The van der Waals surface area contributed by atoms with Gasteiger partial charge in [-0.2, -0.15) is 0 Å². The summed E-state index contributed by atoms with van der Waals surface area (Å²) in [4.78, 5) is 37.2. The molecule has 4 N–H and O–H groups in total. The minimum Gasteiger partial charge on any atom is -0.394 e. The third-order valence-electron chi connectivity index (χ3n) is 6.67. The molecule has 0 fully saturated rings. The van der Waals surface area contributed by atoms with Gasteiger partial charge in [-0.15, -0.1) is 0 Å². The third-order valence-corrected chi connectivity index (χ3v) is 6.67. The summed E-state index contributed by atoms with van der Waals surface area (Å²) in [7, 11) is 0. The second-order valence-electron chi connectivity index (χ2n) is 9.89. The van der Waals surface area contributed by atoms with Crippen molar-refractivity contribution < 1.29 is 24.7 Å². The Kier molecular flexibility index (Phi) is 12.9. The summed E-state index contributed by atoms with van der Waals surface area (Å²) in [5.74, 6) is -0.736. The predicted octanol–water partition coefficient (Wildman–Crippen LogP) is 3.48. The molecule has 10 heteroatoms. The summed E-state index contributed by atoms with van der Waals surface area (Å²) in [6, 6.07) is 24.8. The quantitative estimate of drug-likeness (QED) is 0.112. The molecule has 0 radical (unpaired) electrons. The minimum absolute atomic E-state index is 0.0221. The summed E-state index contributed by atoms with van der Waals surface area (Å²) >= 11 is 0. The van der Waals surface area contributed by atoms with Crippen molar-refractivity contribution in [1.29, 1.82) is 0 Å². The lowest BCUT2D eigenvalue weighted by atomic mass is 10.0. The van der Waals surface area contributed by atoms with E-state index in [4.69, 9.17) is 0 Å². The van der Waals surface area contributed by atoms with Crippen LogP contribution in [-0.2, 0) is 22.7 Å². The van der Waals surface area contributed by atoms with E-state index >= 15 is 0 Å². The Balaban J connectivity index is 1.36. The third kappa shape index (κ3) is 11.1. The van der Waals surface area contributed by atoms with Gasteiger partial charge < -0.3 is 20.8 Å². The van der Waals surface area contributed by atoms with Gasteiger partial charge >= 0.3 is 0 Å². The molecule has 0 spiro atoms. The zero-order chi connectivity index (χ0) is 29.5. The highest BCUT2D eigenvalue weighted by Crippen LogP contribution is 2.20. The van der Waals surface area contributed by atoms with Gasteiger partial charge in [0.2, 0.25) is 11.8 Å². The largest absolute Gasteiger partial charge is 0.394 e. The monoisotopic (exact) mass is 562 g/mol. The molecule has 218 valence electrons. The van der Waals surface area contributed by atoms with Crippen LogP contribution < -0.4 is 10.6 Å². The number of nitrogens with zero attached hydrogens (tertiary/aromatic N) is 2.